The molecule has 0 amide bonds. The smallest absolute Gasteiger partial charge is 0.257 e. The molecule has 0 fully saturated rings. The molecule has 1 heterocycles. The monoisotopic (exact) mass is 308 g/mol. The third kappa shape index (κ3) is 2.79. The van der Waals surface area contributed by atoms with Crippen LogP contribution < -0.4 is 15.4 Å². The number of hydrogen-bond donors (Lipinski definition) is 1. The van der Waals surface area contributed by atoms with Gasteiger partial charge in [0.15, 0.2) is 0 Å². The number of hydrogen-bond acceptors (Lipinski definition) is 4. The van der Waals surface area contributed by atoms with Crippen LogP contribution in [0.25, 0.3) is 0 Å². The lowest BCUT2D eigenvalue weighted by Gasteiger charge is -2.23. The largest absolute Gasteiger partial charge is 0.346 e. The Bertz CT molecular complexity index is 725. The van der Waals surface area contributed by atoms with Crippen LogP contribution in [0.2, 0.25) is 0 Å². The molecule has 0 saturated heterocycles. The number of aromatic amines is 1. The summed E-state index contributed by atoms with van der Waals surface area (Å²) in [7, 11) is 3.24. The first-order valence-corrected chi connectivity index (χ1v) is 6.86. The Morgan fingerprint density at radius 3 is 2.36 bits per heavy atom. The van der Waals surface area contributed by atoms with E-state index in [0.717, 1.165) is 12.1 Å². The molecule has 0 aliphatic rings. The van der Waals surface area contributed by atoms with Gasteiger partial charge >= 0.3 is 0 Å². The van der Waals surface area contributed by atoms with Crippen molar-refractivity contribution in [3.63, 3.8) is 0 Å². The number of nitrogens with one attached hydrogen (secondary N) is 1. The van der Waals surface area contributed by atoms with Crippen molar-refractivity contribution in [3.8, 4) is 0 Å². The molecule has 1 aromatic heterocycles. The van der Waals surface area contributed by atoms with Crippen LogP contribution >= 0.6 is 0 Å². The zero-order chi connectivity index (χ0) is 16.4. The molecular weight excluding hydrogens is 290 g/mol. The summed E-state index contributed by atoms with van der Waals surface area (Å²) in [6.07, 6.45) is 0. The SMILES string of the molecule is CCN(C)c1nc(N(C)c2c(F)cccc2F)c(C)c(=O)[nH]1. The minimum atomic E-state index is -0.714. The Morgan fingerprint density at radius 2 is 1.82 bits per heavy atom. The molecule has 0 radical (unpaired) electrons. The maximum Gasteiger partial charge on any atom is 0.257 e. The van der Waals surface area contributed by atoms with Crippen LogP contribution in [0, 0.1) is 18.6 Å². The second kappa shape index (κ2) is 6.13. The summed E-state index contributed by atoms with van der Waals surface area (Å²) in [5, 5.41) is 0. The van der Waals surface area contributed by atoms with E-state index in [4.69, 9.17) is 0 Å². The molecule has 0 aliphatic heterocycles. The van der Waals surface area contributed by atoms with Crippen molar-refractivity contribution >= 4 is 17.5 Å². The Hall–Kier alpha value is -2.44. The first-order valence-electron chi connectivity index (χ1n) is 6.86. The number of anilines is 3. The highest BCUT2D eigenvalue weighted by Crippen LogP contribution is 2.29. The van der Waals surface area contributed by atoms with E-state index in [1.165, 1.54) is 18.0 Å². The highest BCUT2D eigenvalue weighted by Gasteiger charge is 2.20. The lowest BCUT2D eigenvalue weighted by molar-refractivity contribution is 0.583. The predicted molar refractivity (Wildman–Crippen MR) is 83.0 cm³/mol. The number of H-pyrrole nitrogens is 1. The van der Waals surface area contributed by atoms with Gasteiger partial charge in [0.25, 0.3) is 5.56 Å². The quantitative estimate of drug-likeness (QED) is 0.943. The molecule has 0 spiro atoms. The molecule has 5 nitrogen and oxygen atoms in total. The third-order valence-corrected chi connectivity index (χ3v) is 3.54. The molecule has 118 valence electrons. The van der Waals surface area contributed by atoms with E-state index in [-0.39, 0.29) is 17.1 Å². The number of nitrogens with zero attached hydrogens (tertiary/aromatic N) is 3. The average molecular weight is 308 g/mol. The zero-order valence-corrected chi connectivity index (χ0v) is 12.9. The molecule has 22 heavy (non-hydrogen) atoms. The van der Waals surface area contributed by atoms with E-state index < -0.39 is 11.6 Å². The lowest BCUT2D eigenvalue weighted by atomic mass is 10.2. The normalized spacial score (nSPS) is 10.6. The molecular formula is C15H18F2N4O. The van der Waals surface area contributed by atoms with Crippen LogP contribution in [0.3, 0.4) is 0 Å². The number of rotatable bonds is 4. The summed E-state index contributed by atoms with van der Waals surface area (Å²) < 4.78 is 27.9. The van der Waals surface area contributed by atoms with Crippen molar-refractivity contribution in [1.29, 1.82) is 0 Å². The van der Waals surface area contributed by atoms with Crippen molar-refractivity contribution in [2.24, 2.45) is 0 Å². The third-order valence-electron chi connectivity index (χ3n) is 3.54. The van der Waals surface area contributed by atoms with Crippen molar-refractivity contribution in [2.45, 2.75) is 13.8 Å². The van der Waals surface area contributed by atoms with Crippen molar-refractivity contribution in [1.82, 2.24) is 9.97 Å². The number of para-hydroxylation sites is 1. The van der Waals surface area contributed by atoms with Gasteiger partial charge in [-0.25, -0.2) is 8.78 Å². The fourth-order valence-corrected chi connectivity index (χ4v) is 2.08. The summed E-state index contributed by atoms with van der Waals surface area (Å²) in [6.45, 7) is 4.09. The van der Waals surface area contributed by atoms with Gasteiger partial charge in [-0.15, -0.1) is 0 Å². The zero-order valence-electron chi connectivity index (χ0n) is 12.9. The molecule has 0 saturated carbocycles. The molecule has 0 bridgehead atoms. The fourth-order valence-electron chi connectivity index (χ4n) is 2.08. The van der Waals surface area contributed by atoms with E-state index in [1.807, 2.05) is 6.92 Å². The van der Waals surface area contributed by atoms with Crippen LogP contribution in [-0.2, 0) is 0 Å². The Kier molecular flexibility index (Phi) is 4.44. The van der Waals surface area contributed by atoms with Crippen molar-refractivity contribution < 1.29 is 8.78 Å². The fraction of sp³-hybridized carbons (Fsp3) is 0.333. The maximum absolute atomic E-state index is 13.9. The van der Waals surface area contributed by atoms with Crippen LogP contribution in [0.4, 0.5) is 26.2 Å². The van der Waals surface area contributed by atoms with Gasteiger partial charge in [-0.3, -0.25) is 9.78 Å². The molecule has 2 rings (SSSR count). The first kappa shape index (κ1) is 15.9. The average Bonchev–Trinajstić information content (AvgIpc) is 2.48. The minimum absolute atomic E-state index is 0.211. The van der Waals surface area contributed by atoms with E-state index in [1.54, 1.807) is 18.9 Å². The highest BCUT2D eigenvalue weighted by atomic mass is 19.1. The second-order valence-corrected chi connectivity index (χ2v) is 4.98. The Balaban J connectivity index is 2.61. The molecule has 2 aromatic rings. The van der Waals surface area contributed by atoms with Gasteiger partial charge in [-0.1, -0.05) is 6.07 Å². The van der Waals surface area contributed by atoms with Gasteiger partial charge < -0.3 is 9.80 Å². The Morgan fingerprint density at radius 1 is 1.23 bits per heavy atom. The van der Waals surface area contributed by atoms with Gasteiger partial charge in [-0.2, -0.15) is 4.98 Å². The summed E-state index contributed by atoms with van der Waals surface area (Å²) in [6, 6.07) is 3.61. The van der Waals surface area contributed by atoms with Gasteiger partial charge in [0.05, 0.1) is 5.56 Å². The summed E-state index contributed by atoms with van der Waals surface area (Å²) in [5.74, 6) is -0.872. The standard InChI is InChI=1S/C15H18F2N4O/c1-5-20(3)15-18-13(9(2)14(22)19-15)21(4)12-10(16)7-6-8-11(12)17/h6-8H,5H2,1-4H3,(H,18,19,22). The van der Waals surface area contributed by atoms with E-state index in [2.05, 4.69) is 9.97 Å². The summed E-state index contributed by atoms with van der Waals surface area (Å²) >= 11 is 0. The van der Waals surface area contributed by atoms with Crippen LogP contribution in [0.1, 0.15) is 12.5 Å². The topological polar surface area (TPSA) is 52.2 Å². The molecule has 7 heteroatoms. The highest BCUT2D eigenvalue weighted by molar-refractivity contribution is 5.63. The summed E-state index contributed by atoms with van der Waals surface area (Å²) in [5.41, 5.74) is -0.295. The van der Waals surface area contributed by atoms with Gasteiger partial charge in [0, 0.05) is 20.6 Å². The number of benzene rings is 1. The maximum atomic E-state index is 13.9. The number of halogens is 2. The summed E-state index contributed by atoms with van der Waals surface area (Å²) in [4.78, 5) is 22.0. The first-order chi connectivity index (χ1) is 10.4. The second-order valence-electron chi connectivity index (χ2n) is 4.98. The van der Waals surface area contributed by atoms with Gasteiger partial charge in [-0.05, 0) is 26.0 Å². The minimum Gasteiger partial charge on any atom is -0.346 e. The van der Waals surface area contributed by atoms with E-state index in [0.29, 0.717) is 18.1 Å². The molecule has 0 aliphatic carbocycles. The van der Waals surface area contributed by atoms with Gasteiger partial charge in [0.1, 0.15) is 23.1 Å². The van der Waals surface area contributed by atoms with Crippen molar-refractivity contribution in [3.05, 3.63) is 45.8 Å². The van der Waals surface area contributed by atoms with Crippen LogP contribution in [0.15, 0.2) is 23.0 Å². The van der Waals surface area contributed by atoms with Crippen molar-refractivity contribution in [2.75, 3.05) is 30.4 Å². The molecule has 1 N–H and O–H groups in total. The Labute approximate surface area is 127 Å². The van der Waals surface area contributed by atoms with Gasteiger partial charge in [0.2, 0.25) is 5.95 Å². The van der Waals surface area contributed by atoms with E-state index in [9.17, 15) is 13.6 Å². The molecule has 0 unspecified atom stereocenters. The number of aromatic nitrogens is 2. The van der Waals surface area contributed by atoms with E-state index >= 15 is 0 Å². The molecule has 1 aromatic carbocycles. The van der Waals surface area contributed by atoms with Crippen LogP contribution in [-0.4, -0.2) is 30.6 Å². The predicted octanol–water partition coefficient (Wildman–Crippen LogP) is 2.58. The van der Waals surface area contributed by atoms with Crippen LogP contribution in [0.5, 0.6) is 0 Å². The lowest BCUT2D eigenvalue weighted by Crippen LogP contribution is -2.27. The molecule has 0 atom stereocenters.